The van der Waals surface area contributed by atoms with E-state index in [1.165, 1.54) is 23.3 Å². The summed E-state index contributed by atoms with van der Waals surface area (Å²) < 4.78 is 19.5. The van der Waals surface area contributed by atoms with Crippen molar-refractivity contribution in [2.75, 3.05) is 19.7 Å². The maximum Gasteiger partial charge on any atom is 0.128 e. The second kappa shape index (κ2) is 6.83. The van der Waals surface area contributed by atoms with Crippen LogP contribution in [0.4, 0.5) is 4.39 Å². The van der Waals surface area contributed by atoms with E-state index in [1.54, 1.807) is 12.1 Å². The number of nitrogens with zero attached hydrogens (tertiary/aromatic N) is 1. The Morgan fingerprint density at radius 1 is 1.23 bits per heavy atom. The Labute approximate surface area is 160 Å². The number of aliphatic hydroxyl groups excluding tert-OH is 1. The molecule has 1 aliphatic heterocycles. The summed E-state index contributed by atoms with van der Waals surface area (Å²) in [6.07, 6.45) is 1.57. The first-order valence-electron chi connectivity index (χ1n) is 8.75. The maximum absolute atomic E-state index is 13.4. The number of benzene rings is 2. The van der Waals surface area contributed by atoms with E-state index in [-0.39, 0.29) is 17.8 Å². The summed E-state index contributed by atoms with van der Waals surface area (Å²) in [5.74, 6) is 0.336. The topological polar surface area (TPSA) is 52.9 Å². The first kappa shape index (κ1) is 17.8. The number of halogens is 2. The molecular weight excluding hydrogens is 401 g/mol. The van der Waals surface area contributed by atoms with Crippen LogP contribution in [-0.2, 0) is 12.0 Å². The molecule has 1 heterocycles. The molecule has 2 aromatic rings. The average molecular weight is 422 g/mol. The number of hydrogen-bond acceptors (Lipinski definition) is 4. The summed E-state index contributed by atoms with van der Waals surface area (Å²) in [7, 11) is 0. The van der Waals surface area contributed by atoms with Crippen molar-refractivity contribution >= 4 is 15.9 Å². The minimum absolute atomic E-state index is 0.113. The predicted octanol–water partition coefficient (Wildman–Crippen LogP) is 3.58. The fourth-order valence-corrected chi connectivity index (χ4v) is 4.31. The molecule has 1 spiro atoms. The zero-order valence-corrected chi connectivity index (χ0v) is 15.9. The van der Waals surface area contributed by atoms with Crippen LogP contribution in [0, 0.1) is 5.82 Å². The fourth-order valence-electron chi connectivity index (χ4n) is 3.87. The van der Waals surface area contributed by atoms with E-state index >= 15 is 0 Å². The highest BCUT2D eigenvalue weighted by Crippen LogP contribution is 2.53. The molecule has 1 unspecified atom stereocenters. The zero-order valence-electron chi connectivity index (χ0n) is 14.3. The Kier molecular flexibility index (Phi) is 4.67. The minimum Gasteiger partial charge on any atom is -0.508 e. The molecule has 1 saturated carbocycles. The number of rotatable bonds is 5. The Balaban J connectivity index is 1.38. The predicted molar refractivity (Wildman–Crippen MR) is 99.9 cm³/mol. The van der Waals surface area contributed by atoms with Gasteiger partial charge in [0.2, 0.25) is 0 Å². The molecule has 1 fully saturated rings. The van der Waals surface area contributed by atoms with Gasteiger partial charge >= 0.3 is 0 Å². The molecule has 6 heteroatoms. The van der Waals surface area contributed by atoms with Crippen molar-refractivity contribution in [2.24, 2.45) is 0 Å². The Bertz CT molecular complexity index is 804. The van der Waals surface area contributed by atoms with Gasteiger partial charge in [-0.1, -0.05) is 22.0 Å². The van der Waals surface area contributed by atoms with Crippen molar-refractivity contribution in [1.82, 2.24) is 4.90 Å². The van der Waals surface area contributed by atoms with Gasteiger partial charge in [0.25, 0.3) is 0 Å². The summed E-state index contributed by atoms with van der Waals surface area (Å²) in [5, 5.41) is 20.1. The Morgan fingerprint density at radius 3 is 2.77 bits per heavy atom. The van der Waals surface area contributed by atoms with Crippen LogP contribution in [0.2, 0.25) is 0 Å². The van der Waals surface area contributed by atoms with Gasteiger partial charge in [0.15, 0.2) is 0 Å². The van der Waals surface area contributed by atoms with Crippen molar-refractivity contribution < 1.29 is 19.3 Å². The second-order valence-electron chi connectivity index (χ2n) is 7.36. The number of phenolic OH excluding ortho intramolecular Hbond substituents is 1. The van der Waals surface area contributed by atoms with Crippen molar-refractivity contribution in [1.29, 1.82) is 0 Å². The Hall–Kier alpha value is -1.63. The van der Waals surface area contributed by atoms with Crippen LogP contribution in [-0.4, -0.2) is 40.9 Å². The highest BCUT2D eigenvalue weighted by Gasteiger charge is 2.49. The quantitative estimate of drug-likeness (QED) is 0.774. The Morgan fingerprint density at radius 2 is 2.04 bits per heavy atom. The highest BCUT2D eigenvalue weighted by atomic mass is 79.9. The summed E-state index contributed by atoms with van der Waals surface area (Å²) in [5.41, 5.74) is 2.60. The van der Waals surface area contributed by atoms with Gasteiger partial charge in [-0.2, -0.15) is 0 Å². The molecule has 0 bridgehead atoms. The lowest BCUT2D eigenvalue weighted by Crippen LogP contribution is -2.43. The molecule has 4 nitrogen and oxygen atoms in total. The number of hydrogen-bond donors (Lipinski definition) is 2. The smallest absolute Gasteiger partial charge is 0.128 e. The lowest BCUT2D eigenvalue weighted by Gasteiger charge is -2.36. The SMILES string of the molecule is Oc1ccc2c(c1)C1(CC1)CN(CC(O)COc1cc(F)cc(Br)c1)C2. The molecule has 138 valence electrons. The van der Waals surface area contributed by atoms with Crippen LogP contribution in [0.1, 0.15) is 24.0 Å². The van der Waals surface area contributed by atoms with E-state index in [2.05, 4.69) is 20.8 Å². The number of β-amino-alcohol motifs (C(OH)–C–C–N with tert-alkyl or cyclic N) is 1. The van der Waals surface area contributed by atoms with Crippen LogP contribution in [0.5, 0.6) is 11.5 Å². The summed E-state index contributed by atoms with van der Waals surface area (Å²) in [6, 6.07) is 9.94. The molecule has 1 atom stereocenters. The molecule has 1 aliphatic carbocycles. The summed E-state index contributed by atoms with van der Waals surface area (Å²) in [6.45, 7) is 2.24. The fraction of sp³-hybridized carbons (Fsp3) is 0.400. The van der Waals surface area contributed by atoms with Gasteiger partial charge < -0.3 is 14.9 Å². The zero-order chi connectivity index (χ0) is 18.3. The lowest BCUT2D eigenvalue weighted by molar-refractivity contribution is 0.0586. The van der Waals surface area contributed by atoms with E-state index in [0.29, 0.717) is 22.5 Å². The van der Waals surface area contributed by atoms with Gasteiger partial charge in [0.1, 0.15) is 30.0 Å². The van der Waals surface area contributed by atoms with E-state index < -0.39 is 6.10 Å². The van der Waals surface area contributed by atoms with Crippen molar-refractivity contribution in [3.63, 3.8) is 0 Å². The number of ether oxygens (including phenoxy) is 1. The summed E-state index contributed by atoms with van der Waals surface area (Å²) in [4.78, 5) is 2.24. The van der Waals surface area contributed by atoms with Crippen LogP contribution in [0.25, 0.3) is 0 Å². The van der Waals surface area contributed by atoms with Crippen LogP contribution in [0.15, 0.2) is 40.9 Å². The first-order valence-corrected chi connectivity index (χ1v) is 9.55. The van der Waals surface area contributed by atoms with Gasteiger partial charge in [-0.25, -0.2) is 4.39 Å². The second-order valence-corrected chi connectivity index (χ2v) is 8.28. The van der Waals surface area contributed by atoms with Crippen molar-refractivity contribution in [3.8, 4) is 11.5 Å². The van der Waals surface area contributed by atoms with Crippen molar-refractivity contribution in [2.45, 2.75) is 30.9 Å². The van der Waals surface area contributed by atoms with Crippen LogP contribution < -0.4 is 4.74 Å². The highest BCUT2D eigenvalue weighted by molar-refractivity contribution is 9.10. The van der Waals surface area contributed by atoms with E-state index in [4.69, 9.17) is 4.74 Å². The first-order chi connectivity index (χ1) is 12.4. The van der Waals surface area contributed by atoms with Gasteiger partial charge in [0, 0.05) is 35.6 Å². The lowest BCUT2D eigenvalue weighted by atomic mass is 9.86. The normalized spacial score (nSPS) is 19.2. The third kappa shape index (κ3) is 3.72. The maximum atomic E-state index is 13.4. The molecule has 2 N–H and O–H groups in total. The molecule has 26 heavy (non-hydrogen) atoms. The number of aromatic hydroxyl groups is 1. The van der Waals surface area contributed by atoms with Gasteiger partial charge in [-0.3, -0.25) is 4.90 Å². The molecule has 0 saturated heterocycles. The number of aliphatic hydroxyl groups is 1. The molecule has 0 amide bonds. The van der Waals surface area contributed by atoms with Gasteiger partial charge in [0.05, 0.1) is 0 Å². The van der Waals surface area contributed by atoms with E-state index in [9.17, 15) is 14.6 Å². The van der Waals surface area contributed by atoms with Crippen LogP contribution >= 0.6 is 15.9 Å². The molecule has 2 aliphatic rings. The average Bonchev–Trinajstić information content (AvgIpc) is 3.33. The van der Waals surface area contributed by atoms with E-state index in [1.807, 2.05) is 12.1 Å². The minimum atomic E-state index is -0.661. The molecular formula is C20H21BrFNO3. The van der Waals surface area contributed by atoms with Crippen molar-refractivity contribution in [3.05, 3.63) is 57.8 Å². The van der Waals surface area contributed by atoms with E-state index in [0.717, 1.165) is 25.9 Å². The van der Waals surface area contributed by atoms with Gasteiger partial charge in [-0.05, 0) is 48.2 Å². The largest absolute Gasteiger partial charge is 0.508 e. The monoisotopic (exact) mass is 421 g/mol. The molecule has 2 aromatic carbocycles. The van der Waals surface area contributed by atoms with Gasteiger partial charge in [-0.15, -0.1) is 0 Å². The third-order valence-corrected chi connectivity index (χ3v) is 5.64. The molecule has 4 rings (SSSR count). The molecule has 0 aromatic heterocycles. The third-order valence-electron chi connectivity index (χ3n) is 5.19. The standard InChI is InChI=1S/C20H21BrFNO3/c21-14-5-15(22)7-18(6-14)26-11-17(25)10-23-9-13-1-2-16(24)8-19(13)20(12-23)3-4-20/h1-2,5-8,17,24-25H,3-4,9-12H2. The number of phenols is 1. The van der Waals surface area contributed by atoms with Crippen LogP contribution in [0.3, 0.4) is 0 Å². The number of fused-ring (bicyclic) bond motifs is 2. The summed E-state index contributed by atoms with van der Waals surface area (Å²) >= 11 is 3.23. The molecule has 0 radical (unpaired) electrons.